The largest absolute Gasteiger partial charge is 0.453 e. The molecule has 16 heteroatoms. The summed E-state index contributed by atoms with van der Waals surface area (Å²) in [5.41, 5.74) is 7.66. The number of hydrogen-bond acceptors (Lipinski definition) is 10. The molecule has 61 heavy (non-hydrogen) atoms. The van der Waals surface area contributed by atoms with Crippen LogP contribution >= 0.6 is 0 Å². The Hall–Kier alpha value is -6.03. The Morgan fingerprint density at radius 1 is 0.754 bits per heavy atom. The van der Waals surface area contributed by atoms with Crippen molar-refractivity contribution >= 4 is 35.4 Å². The number of nitrogens with one attached hydrogen (secondary N) is 4. The number of carbonyl (C=O) groups is 4. The molecule has 4 amide bonds. The maximum absolute atomic E-state index is 14.0. The molecule has 6 heterocycles. The molecule has 2 aromatic carbocycles. The van der Waals surface area contributed by atoms with E-state index >= 15 is 0 Å². The topological polar surface area (TPSA) is 196 Å². The minimum absolute atomic E-state index is 0.0320. The third kappa shape index (κ3) is 8.50. The van der Waals surface area contributed by atoms with Crippen LogP contribution in [-0.4, -0.2) is 112 Å². The Morgan fingerprint density at radius 2 is 1.31 bits per heavy atom. The lowest BCUT2D eigenvalue weighted by molar-refractivity contribution is -0.137. The van der Waals surface area contributed by atoms with Crippen molar-refractivity contribution in [1.29, 1.82) is 0 Å². The summed E-state index contributed by atoms with van der Waals surface area (Å²) in [7, 11) is 2.60. The number of aromatic amines is 2. The number of amides is 4. The molecule has 3 fully saturated rings. The first-order chi connectivity index (χ1) is 29.5. The SMILES string of the molecule is COC(=O)N[C@H](C(=O)N1CCC[C@H]1c1ncc(-c2ccc3c(c2)N=C(c2ccc(-c4cnc([C@@H]5CCCN5C(=O)[C@@H](NC(=O)OC)C5CCOCC5)[nH]4)cc2)C3C)[nH]1)C(C)C. The molecule has 0 bridgehead atoms. The minimum Gasteiger partial charge on any atom is -0.453 e. The number of nitrogens with zero attached hydrogens (tertiary/aromatic N) is 5. The number of H-pyrrole nitrogens is 2. The molecule has 1 unspecified atom stereocenters. The van der Waals surface area contributed by atoms with Gasteiger partial charge in [0.25, 0.3) is 0 Å². The molecular weight excluding hydrogens is 779 g/mol. The van der Waals surface area contributed by atoms with Crippen LogP contribution in [0.2, 0.25) is 0 Å². The van der Waals surface area contributed by atoms with Crippen molar-refractivity contribution in [1.82, 2.24) is 40.4 Å². The summed E-state index contributed by atoms with van der Waals surface area (Å²) >= 11 is 0. The lowest BCUT2D eigenvalue weighted by Gasteiger charge is -2.34. The van der Waals surface area contributed by atoms with Crippen molar-refractivity contribution in [3.05, 3.63) is 77.6 Å². The van der Waals surface area contributed by atoms with E-state index < -0.39 is 24.3 Å². The normalized spacial score (nSPS) is 21.2. The summed E-state index contributed by atoms with van der Waals surface area (Å²) in [6.45, 7) is 8.26. The summed E-state index contributed by atoms with van der Waals surface area (Å²) in [5, 5.41) is 5.52. The Morgan fingerprint density at radius 3 is 1.92 bits per heavy atom. The fourth-order valence-electron chi connectivity index (χ4n) is 9.29. The lowest BCUT2D eigenvalue weighted by atomic mass is 9.90. The number of imidazole rings is 2. The van der Waals surface area contributed by atoms with Gasteiger partial charge in [0.2, 0.25) is 11.8 Å². The number of likely N-dealkylation sites (tertiary alicyclic amines) is 2. The van der Waals surface area contributed by atoms with Crippen molar-refractivity contribution in [2.24, 2.45) is 16.8 Å². The van der Waals surface area contributed by atoms with Crippen LogP contribution in [0.5, 0.6) is 0 Å². The number of ether oxygens (including phenoxy) is 3. The van der Waals surface area contributed by atoms with Crippen molar-refractivity contribution < 1.29 is 33.4 Å². The second-order valence-corrected chi connectivity index (χ2v) is 16.7. The zero-order chi connectivity index (χ0) is 42.8. The summed E-state index contributed by atoms with van der Waals surface area (Å²) < 4.78 is 15.2. The number of benzene rings is 2. The molecule has 0 radical (unpaired) electrons. The van der Waals surface area contributed by atoms with Gasteiger partial charge in [0.1, 0.15) is 23.7 Å². The number of alkyl carbamates (subject to hydrolysis) is 2. The quantitative estimate of drug-likeness (QED) is 0.129. The molecule has 16 nitrogen and oxygen atoms in total. The van der Waals surface area contributed by atoms with Gasteiger partial charge in [-0.1, -0.05) is 57.2 Å². The van der Waals surface area contributed by atoms with Gasteiger partial charge in [0.15, 0.2) is 0 Å². The second-order valence-electron chi connectivity index (χ2n) is 16.7. The highest BCUT2D eigenvalue weighted by Gasteiger charge is 2.41. The van der Waals surface area contributed by atoms with Crippen LogP contribution in [0.15, 0.2) is 59.9 Å². The molecule has 4 aromatic rings. The number of hydrogen-bond donors (Lipinski definition) is 4. The van der Waals surface area contributed by atoms with E-state index in [1.165, 1.54) is 14.2 Å². The first-order valence-corrected chi connectivity index (χ1v) is 21.4. The van der Waals surface area contributed by atoms with Crippen molar-refractivity contribution in [3.8, 4) is 22.5 Å². The van der Waals surface area contributed by atoms with Crippen molar-refractivity contribution in [2.45, 2.75) is 89.4 Å². The highest BCUT2D eigenvalue weighted by atomic mass is 16.5. The maximum Gasteiger partial charge on any atom is 0.407 e. The summed E-state index contributed by atoms with van der Waals surface area (Å²) in [6.07, 6.45) is 6.98. The van der Waals surface area contributed by atoms with Gasteiger partial charge >= 0.3 is 12.2 Å². The fraction of sp³-hybridized carbons (Fsp3) is 0.489. The molecule has 0 aliphatic carbocycles. The maximum atomic E-state index is 14.0. The number of methoxy groups -OCH3 is 2. The predicted molar refractivity (Wildman–Crippen MR) is 227 cm³/mol. The average molecular weight is 834 g/mol. The second kappa shape index (κ2) is 17.9. The molecule has 4 aliphatic heterocycles. The monoisotopic (exact) mass is 833 g/mol. The molecule has 3 saturated heterocycles. The average Bonchev–Trinajstić information content (AvgIpc) is 4.14. The Kier molecular flexibility index (Phi) is 12.2. The Balaban J connectivity index is 0.947. The highest BCUT2D eigenvalue weighted by Crippen LogP contribution is 2.41. The van der Waals surface area contributed by atoms with E-state index in [0.29, 0.717) is 45.0 Å². The summed E-state index contributed by atoms with van der Waals surface area (Å²) in [5.74, 6) is 1.11. The number of fused-ring (bicyclic) bond motifs is 1. The van der Waals surface area contributed by atoms with Gasteiger partial charge < -0.3 is 44.6 Å². The van der Waals surface area contributed by atoms with Crippen molar-refractivity contribution in [3.63, 3.8) is 0 Å². The van der Waals surface area contributed by atoms with Crippen LogP contribution in [0, 0.1) is 11.8 Å². The first-order valence-electron chi connectivity index (χ1n) is 21.4. The van der Waals surface area contributed by atoms with Gasteiger partial charge in [0.05, 0.1) is 61.5 Å². The fourth-order valence-corrected chi connectivity index (χ4v) is 9.29. The first kappa shape index (κ1) is 41.7. The third-order valence-corrected chi connectivity index (χ3v) is 12.7. The Bertz CT molecular complexity index is 2280. The Labute approximate surface area is 355 Å². The van der Waals surface area contributed by atoms with Crippen LogP contribution in [0.25, 0.3) is 22.5 Å². The van der Waals surface area contributed by atoms with Crippen LogP contribution in [0.1, 0.15) is 100 Å². The summed E-state index contributed by atoms with van der Waals surface area (Å²) in [6, 6.07) is 12.7. The van der Waals surface area contributed by atoms with E-state index in [4.69, 9.17) is 29.2 Å². The van der Waals surface area contributed by atoms with E-state index in [1.54, 1.807) is 0 Å². The van der Waals surface area contributed by atoms with Gasteiger partial charge in [0, 0.05) is 37.8 Å². The third-order valence-electron chi connectivity index (χ3n) is 12.7. The standard InChI is InChI=1S/C45H55N9O7/c1-25(2)37(51-44(57)59-4)42(55)53-18-6-8-35(53)41-47-24-34(50-41)30-14-15-31-26(3)38(48-32(31)22-30)28-12-10-27(11-13-28)33-23-46-40(49-33)36-9-7-19-54(36)43(56)39(52-45(58)60-5)29-16-20-61-21-17-29/h10-15,22-26,29,35-37,39H,6-9,16-21H2,1-5H3,(H,46,49)(H,47,50)(H,51,57)(H,52,58)/t26?,35-,36-,37-,39-/m0/s1. The van der Waals surface area contributed by atoms with E-state index in [9.17, 15) is 19.2 Å². The van der Waals surface area contributed by atoms with Crippen molar-refractivity contribution in [2.75, 3.05) is 40.5 Å². The van der Waals surface area contributed by atoms with Crippen LogP contribution < -0.4 is 10.6 Å². The molecule has 0 spiro atoms. The zero-order valence-electron chi connectivity index (χ0n) is 35.4. The van der Waals surface area contributed by atoms with Gasteiger partial charge in [-0.05, 0) is 73.1 Å². The van der Waals surface area contributed by atoms with Gasteiger partial charge in [-0.25, -0.2) is 19.6 Å². The molecule has 322 valence electrons. The predicted octanol–water partition coefficient (Wildman–Crippen LogP) is 6.56. The highest BCUT2D eigenvalue weighted by molar-refractivity contribution is 6.10. The lowest BCUT2D eigenvalue weighted by Crippen LogP contribution is -2.53. The molecule has 8 rings (SSSR count). The number of rotatable bonds is 11. The van der Waals surface area contributed by atoms with E-state index in [-0.39, 0.29) is 41.7 Å². The van der Waals surface area contributed by atoms with Gasteiger partial charge in [-0.2, -0.15) is 0 Å². The smallest absolute Gasteiger partial charge is 0.407 e. The number of carbonyl (C=O) groups excluding carboxylic acids is 4. The van der Waals surface area contributed by atoms with Gasteiger partial charge in [-0.15, -0.1) is 0 Å². The molecule has 5 atom stereocenters. The van der Waals surface area contributed by atoms with E-state index in [2.05, 4.69) is 70.0 Å². The van der Waals surface area contributed by atoms with Crippen LogP contribution in [0.4, 0.5) is 15.3 Å². The summed E-state index contributed by atoms with van der Waals surface area (Å²) in [4.78, 5) is 77.1. The molecule has 4 aliphatic rings. The van der Waals surface area contributed by atoms with E-state index in [0.717, 1.165) is 76.5 Å². The van der Waals surface area contributed by atoms with Gasteiger partial charge in [-0.3, -0.25) is 14.6 Å². The van der Waals surface area contributed by atoms with Crippen LogP contribution in [0.3, 0.4) is 0 Å². The number of aromatic nitrogens is 4. The van der Waals surface area contributed by atoms with E-state index in [1.807, 2.05) is 36.0 Å². The number of aliphatic imine (C=N–C) groups is 1. The molecular formula is C45H55N9O7. The zero-order valence-corrected chi connectivity index (χ0v) is 35.4. The molecule has 4 N–H and O–H groups in total. The molecule has 0 saturated carbocycles. The molecule has 2 aromatic heterocycles. The van der Waals surface area contributed by atoms with Crippen LogP contribution in [-0.2, 0) is 23.8 Å². The minimum atomic E-state index is -0.699.